The van der Waals surface area contributed by atoms with Crippen LogP contribution in [0, 0.1) is 0 Å². The van der Waals surface area contributed by atoms with Gasteiger partial charge in [0, 0.05) is 15.1 Å². The molecule has 0 aromatic heterocycles. The summed E-state index contributed by atoms with van der Waals surface area (Å²) in [6.45, 7) is 1.73. The molecular formula is C15H13BrClNO2. The molecule has 0 aliphatic heterocycles. The van der Waals surface area contributed by atoms with Crippen molar-refractivity contribution < 1.29 is 9.53 Å². The highest BCUT2D eigenvalue weighted by Crippen LogP contribution is 2.32. The Morgan fingerprint density at radius 3 is 2.70 bits per heavy atom. The molecule has 0 radical (unpaired) electrons. The summed E-state index contributed by atoms with van der Waals surface area (Å²) in [5, 5.41) is 0.618. The van der Waals surface area contributed by atoms with E-state index in [1.165, 1.54) is 6.92 Å². The topological polar surface area (TPSA) is 52.3 Å². The van der Waals surface area contributed by atoms with Crippen molar-refractivity contribution in [1.29, 1.82) is 0 Å². The lowest BCUT2D eigenvalue weighted by Crippen LogP contribution is -2.05. The van der Waals surface area contributed by atoms with Crippen LogP contribution >= 0.6 is 27.5 Å². The second-order valence-electron chi connectivity index (χ2n) is 4.31. The summed E-state index contributed by atoms with van der Waals surface area (Å²) in [6, 6.07) is 10.8. The van der Waals surface area contributed by atoms with Crippen LogP contribution in [0.15, 0.2) is 40.9 Å². The predicted octanol–water partition coefficient (Wildman–Crippen LogP) is 4.47. The number of hydrogen-bond acceptors (Lipinski definition) is 3. The molecule has 0 saturated heterocycles. The van der Waals surface area contributed by atoms with E-state index in [1.54, 1.807) is 18.2 Å². The van der Waals surface area contributed by atoms with E-state index in [-0.39, 0.29) is 12.4 Å². The zero-order valence-electron chi connectivity index (χ0n) is 10.8. The van der Waals surface area contributed by atoms with Crippen LogP contribution in [-0.4, -0.2) is 5.78 Å². The number of ether oxygens (including phenoxy) is 1. The van der Waals surface area contributed by atoms with Crippen LogP contribution in [0.4, 0.5) is 5.69 Å². The van der Waals surface area contributed by atoms with Crippen molar-refractivity contribution >= 4 is 39.0 Å². The number of hydrogen-bond donors (Lipinski definition) is 1. The van der Waals surface area contributed by atoms with Gasteiger partial charge in [-0.1, -0.05) is 45.7 Å². The van der Waals surface area contributed by atoms with Crippen molar-refractivity contribution in [3.05, 3.63) is 57.0 Å². The van der Waals surface area contributed by atoms with E-state index in [9.17, 15) is 4.79 Å². The first-order valence-corrected chi connectivity index (χ1v) is 7.12. The second kappa shape index (κ2) is 6.29. The summed E-state index contributed by atoms with van der Waals surface area (Å²) in [4.78, 5) is 11.7. The van der Waals surface area contributed by atoms with E-state index < -0.39 is 0 Å². The molecule has 20 heavy (non-hydrogen) atoms. The van der Waals surface area contributed by atoms with Crippen LogP contribution in [0.5, 0.6) is 5.75 Å². The van der Waals surface area contributed by atoms with Gasteiger partial charge < -0.3 is 10.5 Å². The third-order valence-corrected chi connectivity index (χ3v) is 3.62. The molecule has 0 bridgehead atoms. The first kappa shape index (κ1) is 14.9. The summed E-state index contributed by atoms with van der Waals surface area (Å²) in [5.41, 5.74) is 7.62. The standard InChI is InChI=1S/C15H13BrClNO2/c1-9(19)12-6-11(16)7-14(18)15(12)20-8-10-4-2-3-5-13(10)17/h2-7H,8,18H2,1H3. The summed E-state index contributed by atoms with van der Waals surface area (Å²) in [5.74, 6) is 0.285. The lowest BCUT2D eigenvalue weighted by molar-refractivity contribution is 0.101. The van der Waals surface area contributed by atoms with Gasteiger partial charge in [0.25, 0.3) is 0 Å². The van der Waals surface area contributed by atoms with Gasteiger partial charge in [0.1, 0.15) is 6.61 Å². The Morgan fingerprint density at radius 2 is 2.05 bits per heavy atom. The van der Waals surface area contributed by atoms with Crippen LogP contribution in [-0.2, 0) is 6.61 Å². The number of ketones is 1. The lowest BCUT2D eigenvalue weighted by Gasteiger charge is -2.13. The maximum Gasteiger partial charge on any atom is 0.163 e. The lowest BCUT2D eigenvalue weighted by atomic mass is 10.1. The van der Waals surface area contributed by atoms with Gasteiger partial charge in [-0.3, -0.25) is 4.79 Å². The Labute approximate surface area is 130 Å². The molecule has 0 atom stereocenters. The molecule has 2 aromatic carbocycles. The van der Waals surface area contributed by atoms with Crippen LogP contribution in [0.1, 0.15) is 22.8 Å². The Bertz CT molecular complexity index is 658. The zero-order chi connectivity index (χ0) is 14.7. The van der Waals surface area contributed by atoms with Gasteiger partial charge in [-0.2, -0.15) is 0 Å². The fourth-order valence-corrected chi connectivity index (χ4v) is 2.47. The third-order valence-electron chi connectivity index (χ3n) is 2.79. The van der Waals surface area contributed by atoms with Crippen LogP contribution in [0.25, 0.3) is 0 Å². The van der Waals surface area contributed by atoms with E-state index in [2.05, 4.69) is 15.9 Å². The first-order valence-electron chi connectivity index (χ1n) is 5.95. The predicted molar refractivity (Wildman–Crippen MR) is 84.3 cm³/mol. The Hall–Kier alpha value is -1.52. The van der Waals surface area contributed by atoms with Gasteiger partial charge in [-0.05, 0) is 25.1 Å². The van der Waals surface area contributed by atoms with Gasteiger partial charge in [0.2, 0.25) is 0 Å². The van der Waals surface area contributed by atoms with Gasteiger partial charge >= 0.3 is 0 Å². The SMILES string of the molecule is CC(=O)c1cc(Br)cc(N)c1OCc1ccccc1Cl. The molecule has 3 nitrogen and oxygen atoms in total. The number of nitrogen functional groups attached to an aromatic ring is 1. The molecule has 0 unspecified atom stereocenters. The highest BCUT2D eigenvalue weighted by atomic mass is 79.9. The van der Waals surface area contributed by atoms with Crippen molar-refractivity contribution in [3.63, 3.8) is 0 Å². The minimum Gasteiger partial charge on any atom is -0.486 e. The van der Waals surface area contributed by atoms with E-state index in [1.807, 2.05) is 18.2 Å². The summed E-state index contributed by atoms with van der Waals surface area (Å²) >= 11 is 9.39. The van der Waals surface area contributed by atoms with E-state index in [0.29, 0.717) is 22.0 Å². The monoisotopic (exact) mass is 353 g/mol. The Morgan fingerprint density at radius 1 is 1.35 bits per heavy atom. The van der Waals surface area contributed by atoms with Gasteiger partial charge in [-0.25, -0.2) is 0 Å². The number of anilines is 1. The molecule has 0 saturated carbocycles. The van der Waals surface area contributed by atoms with Crippen molar-refractivity contribution in [1.82, 2.24) is 0 Å². The number of benzene rings is 2. The van der Waals surface area contributed by atoms with Gasteiger partial charge in [0.05, 0.1) is 11.3 Å². The average molecular weight is 355 g/mol. The number of Topliss-reactive ketones (excluding diaryl/α,β-unsaturated/α-hetero) is 1. The Kier molecular flexibility index (Phi) is 4.68. The minimum atomic E-state index is -0.104. The average Bonchev–Trinajstić information content (AvgIpc) is 2.38. The normalized spacial score (nSPS) is 10.3. The van der Waals surface area contributed by atoms with Gasteiger partial charge in [0.15, 0.2) is 11.5 Å². The zero-order valence-corrected chi connectivity index (χ0v) is 13.2. The molecule has 2 N–H and O–H groups in total. The maximum atomic E-state index is 11.7. The van der Waals surface area contributed by atoms with E-state index in [4.69, 9.17) is 22.1 Å². The molecule has 2 aromatic rings. The molecule has 0 fully saturated rings. The molecule has 2 rings (SSSR count). The molecule has 0 heterocycles. The quantitative estimate of drug-likeness (QED) is 0.651. The van der Waals surface area contributed by atoms with Crippen LogP contribution in [0.3, 0.4) is 0 Å². The highest BCUT2D eigenvalue weighted by Gasteiger charge is 2.14. The number of carbonyl (C=O) groups is 1. The minimum absolute atomic E-state index is 0.104. The first-order chi connectivity index (χ1) is 9.49. The molecule has 0 spiro atoms. The van der Waals surface area contributed by atoms with Gasteiger partial charge in [-0.15, -0.1) is 0 Å². The van der Waals surface area contributed by atoms with Crippen molar-refractivity contribution in [2.24, 2.45) is 0 Å². The summed E-state index contributed by atoms with van der Waals surface area (Å²) in [6.07, 6.45) is 0. The van der Waals surface area contributed by atoms with Crippen molar-refractivity contribution in [2.45, 2.75) is 13.5 Å². The number of nitrogens with two attached hydrogens (primary N) is 1. The highest BCUT2D eigenvalue weighted by molar-refractivity contribution is 9.10. The second-order valence-corrected chi connectivity index (χ2v) is 5.63. The summed E-state index contributed by atoms with van der Waals surface area (Å²) in [7, 11) is 0. The number of rotatable bonds is 4. The van der Waals surface area contributed by atoms with Crippen LogP contribution < -0.4 is 10.5 Å². The fourth-order valence-electron chi connectivity index (χ4n) is 1.80. The van der Waals surface area contributed by atoms with Crippen LogP contribution in [0.2, 0.25) is 5.02 Å². The molecule has 5 heteroatoms. The Balaban J connectivity index is 2.30. The summed E-state index contributed by atoms with van der Waals surface area (Å²) < 4.78 is 6.44. The third kappa shape index (κ3) is 3.32. The maximum absolute atomic E-state index is 11.7. The van der Waals surface area contributed by atoms with Crippen molar-refractivity contribution in [2.75, 3.05) is 5.73 Å². The molecule has 0 aliphatic rings. The largest absolute Gasteiger partial charge is 0.486 e. The smallest absolute Gasteiger partial charge is 0.163 e. The van der Waals surface area contributed by atoms with Crippen molar-refractivity contribution in [3.8, 4) is 5.75 Å². The molecule has 0 aliphatic carbocycles. The number of halogens is 2. The van der Waals surface area contributed by atoms with E-state index >= 15 is 0 Å². The molecule has 104 valence electrons. The number of carbonyl (C=O) groups excluding carboxylic acids is 1. The molecular weight excluding hydrogens is 342 g/mol. The van der Waals surface area contributed by atoms with E-state index in [0.717, 1.165) is 10.0 Å². The molecule has 0 amide bonds. The fraction of sp³-hybridized carbons (Fsp3) is 0.133.